The van der Waals surface area contributed by atoms with Crippen molar-refractivity contribution in [2.75, 3.05) is 5.73 Å². The highest BCUT2D eigenvalue weighted by Crippen LogP contribution is 2.19. The first-order chi connectivity index (χ1) is 9.40. The van der Waals surface area contributed by atoms with Crippen molar-refractivity contribution >= 4 is 31.6 Å². The molecule has 0 heterocycles. The Kier molecular flexibility index (Phi) is 4.47. The van der Waals surface area contributed by atoms with Crippen molar-refractivity contribution in [3.05, 3.63) is 58.1 Å². The zero-order valence-corrected chi connectivity index (χ0v) is 13.3. The van der Waals surface area contributed by atoms with Gasteiger partial charge in [-0.1, -0.05) is 40.2 Å². The Bertz CT molecular complexity index is 730. The van der Waals surface area contributed by atoms with Gasteiger partial charge in [-0.3, -0.25) is 0 Å². The van der Waals surface area contributed by atoms with Crippen LogP contribution in [0.2, 0.25) is 0 Å². The lowest BCUT2D eigenvalue weighted by Crippen LogP contribution is -2.23. The quantitative estimate of drug-likeness (QED) is 0.829. The highest BCUT2D eigenvalue weighted by atomic mass is 79.9. The third kappa shape index (κ3) is 3.39. The molecule has 6 heteroatoms. The Morgan fingerprint density at radius 3 is 2.55 bits per heavy atom. The van der Waals surface area contributed by atoms with E-state index in [2.05, 4.69) is 20.7 Å². The normalized spacial score (nSPS) is 11.5. The summed E-state index contributed by atoms with van der Waals surface area (Å²) in [5, 5.41) is 0. The topological polar surface area (TPSA) is 72.2 Å². The first-order valence-corrected chi connectivity index (χ1v) is 8.27. The van der Waals surface area contributed by atoms with Crippen LogP contribution in [0.25, 0.3) is 0 Å². The summed E-state index contributed by atoms with van der Waals surface area (Å²) in [6, 6.07) is 12.2. The van der Waals surface area contributed by atoms with E-state index in [0.29, 0.717) is 5.69 Å². The summed E-state index contributed by atoms with van der Waals surface area (Å²) in [7, 11) is -3.57. The van der Waals surface area contributed by atoms with Gasteiger partial charge in [0.15, 0.2) is 0 Å². The molecule has 0 aliphatic rings. The Hall–Kier alpha value is -1.37. The number of hydrogen-bond acceptors (Lipinski definition) is 3. The highest BCUT2D eigenvalue weighted by Gasteiger charge is 2.15. The number of nitrogen functional groups attached to an aromatic ring is 1. The lowest BCUT2D eigenvalue weighted by Gasteiger charge is -2.09. The zero-order valence-electron chi connectivity index (χ0n) is 10.9. The summed E-state index contributed by atoms with van der Waals surface area (Å²) in [5.41, 5.74) is 7.94. The molecule has 4 nitrogen and oxygen atoms in total. The van der Waals surface area contributed by atoms with Crippen molar-refractivity contribution in [3.63, 3.8) is 0 Å². The van der Waals surface area contributed by atoms with E-state index in [0.717, 1.165) is 15.6 Å². The van der Waals surface area contributed by atoms with Gasteiger partial charge in [0.25, 0.3) is 0 Å². The van der Waals surface area contributed by atoms with Gasteiger partial charge in [-0.15, -0.1) is 0 Å². The fraction of sp³-hybridized carbons (Fsp3) is 0.143. The summed E-state index contributed by atoms with van der Waals surface area (Å²) in [6.45, 7) is 2.05. The van der Waals surface area contributed by atoms with Gasteiger partial charge in [0, 0.05) is 16.7 Å². The van der Waals surface area contributed by atoms with E-state index >= 15 is 0 Å². The Morgan fingerprint density at radius 1 is 1.20 bits per heavy atom. The maximum atomic E-state index is 12.2. The first-order valence-electron chi connectivity index (χ1n) is 5.99. The third-order valence-corrected chi connectivity index (χ3v) is 5.14. The molecule has 0 unspecified atom stereocenters. The van der Waals surface area contributed by atoms with Gasteiger partial charge in [-0.05, 0) is 36.2 Å². The number of anilines is 1. The van der Waals surface area contributed by atoms with Gasteiger partial charge in [0.1, 0.15) is 0 Å². The minimum atomic E-state index is -3.57. The van der Waals surface area contributed by atoms with Crippen LogP contribution < -0.4 is 10.5 Å². The minimum absolute atomic E-state index is 0.174. The summed E-state index contributed by atoms with van der Waals surface area (Å²) in [4.78, 5) is 0.174. The van der Waals surface area contributed by atoms with Crippen molar-refractivity contribution in [1.82, 2.24) is 4.72 Å². The van der Waals surface area contributed by atoms with Crippen molar-refractivity contribution < 1.29 is 8.42 Å². The van der Waals surface area contributed by atoms with Crippen LogP contribution in [0.5, 0.6) is 0 Å². The van der Waals surface area contributed by atoms with E-state index in [-0.39, 0.29) is 11.4 Å². The van der Waals surface area contributed by atoms with Gasteiger partial charge in [0.05, 0.1) is 4.90 Å². The molecule has 0 saturated heterocycles. The second kappa shape index (κ2) is 5.95. The van der Waals surface area contributed by atoms with E-state index < -0.39 is 10.0 Å². The molecule has 0 saturated carbocycles. The Morgan fingerprint density at radius 2 is 1.90 bits per heavy atom. The van der Waals surface area contributed by atoms with E-state index in [1.54, 1.807) is 12.1 Å². The number of nitrogens with two attached hydrogens (primary N) is 1. The minimum Gasteiger partial charge on any atom is -0.398 e. The van der Waals surface area contributed by atoms with Crippen molar-refractivity contribution in [2.24, 2.45) is 0 Å². The number of nitrogens with one attached hydrogen (secondary N) is 1. The van der Waals surface area contributed by atoms with Gasteiger partial charge >= 0.3 is 0 Å². The largest absolute Gasteiger partial charge is 0.398 e. The lowest BCUT2D eigenvalue weighted by molar-refractivity contribution is 0.581. The SMILES string of the molecule is Cc1ccc(S(=O)(=O)NCc2ccccc2Br)cc1N. The molecule has 0 amide bonds. The van der Waals surface area contributed by atoms with Crippen LogP contribution >= 0.6 is 15.9 Å². The fourth-order valence-electron chi connectivity index (χ4n) is 1.68. The second-order valence-corrected chi connectivity index (χ2v) is 7.06. The van der Waals surface area contributed by atoms with Crippen LogP contribution in [-0.2, 0) is 16.6 Å². The number of halogens is 1. The predicted molar refractivity (Wildman–Crippen MR) is 83.8 cm³/mol. The Labute approximate surface area is 127 Å². The molecule has 2 aromatic carbocycles. The van der Waals surface area contributed by atoms with Gasteiger partial charge in [-0.2, -0.15) is 0 Å². The molecular formula is C14H15BrN2O2S. The van der Waals surface area contributed by atoms with Crippen LogP contribution in [0.1, 0.15) is 11.1 Å². The molecule has 0 bridgehead atoms. The average Bonchev–Trinajstić information content (AvgIpc) is 2.41. The average molecular weight is 355 g/mol. The number of aryl methyl sites for hydroxylation is 1. The van der Waals surface area contributed by atoms with E-state index in [1.165, 1.54) is 6.07 Å². The molecule has 0 aliphatic heterocycles. The summed E-state index contributed by atoms with van der Waals surface area (Å²) in [5.74, 6) is 0. The summed E-state index contributed by atoms with van der Waals surface area (Å²) >= 11 is 3.39. The van der Waals surface area contributed by atoms with E-state index in [4.69, 9.17) is 5.73 Å². The standard InChI is InChI=1S/C14H15BrN2O2S/c1-10-6-7-12(8-14(10)16)20(18,19)17-9-11-4-2-3-5-13(11)15/h2-8,17H,9,16H2,1H3. The molecule has 0 aromatic heterocycles. The number of sulfonamides is 1. The fourth-order valence-corrected chi connectivity index (χ4v) is 3.15. The molecule has 0 spiro atoms. The number of rotatable bonds is 4. The van der Waals surface area contributed by atoms with Crippen molar-refractivity contribution in [2.45, 2.75) is 18.4 Å². The molecule has 0 aliphatic carbocycles. The number of benzene rings is 2. The molecule has 2 aromatic rings. The monoisotopic (exact) mass is 354 g/mol. The van der Waals surface area contributed by atoms with Crippen LogP contribution in [0.15, 0.2) is 51.8 Å². The molecule has 20 heavy (non-hydrogen) atoms. The molecule has 3 N–H and O–H groups in total. The van der Waals surface area contributed by atoms with Crippen LogP contribution in [0.3, 0.4) is 0 Å². The van der Waals surface area contributed by atoms with Crippen LogP contribution in [0.4, 0.5) is 5.69 Å². The molecule has 0 radical (unpaired) electrons. The molecule has 0 atom stereocenters. The predicted octanol–water partition coefficient (Wildman–Crippen LogP) is 2.82. The summed E-state index contributed by atoms with van der Waals surface area (Å²) in [6.07, 6.45) is 0. The van der Waals surface area contributed by atoms with Crippen molar-refractivity contribution in [3.8, 4) is 0 Å². The van der Waals surface area contributed by atoms with E-state index in [9.17, 15) is 8.42 Å². The Balaban J connectivity index is 2.19. The molecule has 106 valence electrons. The first kappa shape index (κ1) is 15.0. The molecule has 2 rings (SSSR count). The zero-order chi connectivity index (χ0) is 14.8. The molecule has 0 fully saturated rings. The van der Waals surface area contributed by atoms with Crippen LogP contribution in [0, 0.1) is 6.92 Å². The highest BCUT2D eigenvalue weighted by molar-refractivity contribution is 9.10. The summed E-state index contributed by atoms with van der Waals surface area (Å²) < 4.78 is 27.8. The maximum Gasteiger partial charge on any atom is 0.240 e. The second-order valence-electron chi connectivity index (χ2n) is 4.43. The van der Waals surface area contributed by atoms with E-state index in [1.807, 2.05) is 31.2 Å². The lowest BCUT2D eigenvalue weighted by atomic mass is 10.2. The van der Waals surface area contributed by atoms with Gasteiger partial charge in [-0.25, -0.2) is 13.1 Å². The smallest absolute Gasteiger partial charge is 0.240 e. The van der Waals surface area contributed by atoms with Gasteiger partial charge < -0.3 is 5.73 Å². The van der Waals surface area contributed by atoms with Crippen molar-refractivity contribution in [1.29, 1.82) is 0 Å². The molecular weight excluding hydrogens is 340 g/mol. The number of hydrogen-bond donors (Lipinski definition) is 2. The third-order valence-electron chi connectivity index (χ3n) is 2.97. The van der Waals surface area contributed by atoms with Gasteiger partial charge in [0.2, 0.25) is 10.0 Å². The maximum absolute atomic E-state index is 12.2. The van der Waals surface area contributed by atoms with Crippen LogP contribution in [-0.4, -0.2) is 8.42 Å².